The summed E-state index contributed by atoms with van der Waals surface area (Å²) in [6.45, 7) is 0.515. The van der Waals surface area contributed by atoms with Crippen LogP contribution < -0.4 is 4.74 Å². The average molecular weight is 675 g/mol. The molecule has 3 heterocycles. The summed E-state index contributed by atoms with van der Waals surface area (Å²) < 4.78 is 14.3. The third kappa shape index (κ3) is 4.40. The first-order valence-corrected chi connectivity index (χ1v) is 12.2. The van der Waals surface area contributed by atoms with E-state index in [9.17, 15) is 0 Å². The Balaban J connectivity index is 0.00000264. The predicted octanol–water partition coefficient (Wildman–Crippen LogP) is 7.09. The molecule has 0 aliphatic carbocycles. The SMILES string of the molecule is [Pt+2].[c-]1c(Oc2[c-]c3c(cc2)c2ccccc2n3-c2ccccn2)cccc1C1=N[C@@H](c2ccccc2)CO1. The van der Waals surface area contributed by atoms with Crippen LogP contribution >= 0.6 is 0 Å². The maximum absolute atomic E-state index is 6.23. The van der Waals surface area contributed by atoms with Crippen LogP contribution in [-0.4, -0.2) is 22.1 Å². The molecule has 1 aliphatic heterocycles. The van der Waals surface area contributed by atoms with E-state index in [1.54, 1.807) is 6.20 Å². The average Bonchev–Trinajstić information content (AvgIpc) is 3.58. The first-order valence-electron chi connectivity index (χ1n) is 12.2. The third-order valence-corrected chi connectivity index (χ3v) is 6.49. The summed E-state index contributed by atoms with van der Waals surface area (Å²) in [7, 11) is 0. The largest absolute Gasteiger partial charge is 2.00 e. The first kappa shape index (κ1) is 24.1. The summed E-state index contributed by atoms with van der Waals surface area (Å²) in [6.07, 6.45) is 1.80. The second-order valence-electron chi connectivity index (χ2n) is 8.83. The van der Waals surface area contributed by atoms with Crippen molar-refractivity contribution >= 4 is 27.7 Å². The number of hydrogen-bond acceptors (Lipinski definition) is 4. The minimum absolute atomic E-state index is 0. The number of hydrogen-bond donors (Lipinski definition) is 0. The third-order valence-electron chi connectivity index (χ3n) is 6.49. The maximum Gasteiger partial charge on any atom is 2.00 e. The number of para-hydroxylation sites is 1. The summed E-state index contributed by atoms with van der Waals surface area (Å²) >= 11 is 0. The molecule has 6 heteroatoms. The molecule has 1 aliphatic rings. The van der Waals surface area contributed by atoms with Gasteiger partial charge in [0.1, 0.15) is 24.4 Å². The van der Waals surface area contributed by atoms with Gasteiger partial charge in [0.2, 0.25) is 0 Å². The molecule has 0 saturated carbocycles. The van der Waals surface area contributed by atoms with Gasteiger partial charge in [-0.25, -0.2) is 4.98 Å². The van der Waals surface area contributed by atoms with E-state index in [4.69, 9.17) is 14.5 Å². The van der Waals surface area contributed by atoms with Crippen LogP contribution in [-0.2, 0) is 25.8 Å². The number of nitrogens with zero attached hydrogens (tertiary/aromatic N) is 3. The van der Waals surface area contributed by atoms with E-state index in [1.807, 2.05) is 72.8 Å². The molecule has 0 unspecified atom stereocenters. The van der Waals surface area contributed by atoms with E-state index in [0.29, 0.717) is 24.0 Å². The molecule has 7 rings (SSSR count). The molecule has 1 atom stereocenters. The van der Waals surface area contributed by atoms with Crippen LogP contribution in [0.2, 0.25) is 0 Å². The summed E-state index contributed by atoms with van der Waals surface area (Å²) in [5, 5.41) is 2.23. The van der Waals surface area contributed by atoms with Crippen molar-refractivity contribution < 1.29 is 30.5 Å². The van der Waals surface area contributed by atoms with E-state index in [2.05, 4.69) is 52.0 Å². The standard InChI is InChI=1S/C32H21N3O2.Pt/c1-2-9-22(10-3-1)28-21-36-32(34-28)23-11-8-12-24(19-23)37-25-16-17-27-26-13-4-5-14-29(26)35(30(27)20-25)31-15-6-7-18-33-31;/h1-18,28H,21H2;/q-2;+2/t28-;/m1./s1. The normalized spacial score (nSPS) is 14.6. The van der Waals surface area contributed by atoms with Crippen molar-refractivity contribution in [3.8, 4) is 17.3 Å². The molecule has 6 aromatic rings. The monoisotopic (exact) mass is 674 g/mol. The fourth-order valence-corrected chi connectivity index (χ4v) is 4.78. The van der Waals surface area contributed by atoms with Crippen LogP contribution in [0, 0.1) is 12.1 Å². The zero-order valence-electron chi connectivity index (χ0n) is 20.2. The van der Waals surface area contributed by atoms with Crippen LogP contribution in [0.25, 0.3) is 27.6 Å². The summed E-state index contributed by atoms with van der Waals surface area (Å²) in [5.41, 5.74) is 3.88. The number of fused-ring (bicyclic) bond motifs is 3. The van der Waals surface area contributed by atoms with E-state index in [1.165, 1.54) is 0 Å². The van der Waals surface area contributed by atoms with Gasteiger partial charge >= 0.3 is 21.1 Å². The van der Waals surface area contributed by atoms with Crippen molar-refractivity contribution in [2.24, 2.45) is 4.99 Å². The van der Waals surface area contributed by atoms with Gasteiger partial charge < -0.3 is 14.0 Å². The molecule has 0 amide bonds. The molecular formula is C32H21N3O2Pt. The molecule has 5 nitrogen and oxygen atoms in total. The fourth-order valence-electron chi connectivity index (χ4n) is 4.78. The zero-order chi connectivity index (χ0) is 24.6. The van der Waals surface area contributed by atoms with Gasteiger partial charge in [-0.3, -0.25) is 4.99 Å². The van der Waals surface area contributed by atoms with E-state index < -0.39 is 0 Å². The molecule has 0 radical (unpaired) electrons. The second kappa shape index (κ2) is 10.3. The molecule has 38 heavy (non-hydrogen) atoms. The van der Waals surface area contributed by atoms with Crippen LogP contribution in [0.15, 0.2) is 114 Å². The molecular weight excluding hydrogens is 653 g/mol. The Hall–Kier alpha value is -4.21. The summed E-state index contributed by atoms with van der Waals surface area (Å²) in [5.74, 6) is 2.58. The number of aliphatic imine (C=N–C) groups is 1. The quantitative estimate of drug-likeness (QED) is 0.184. The van der Waals surface area contributed by atoms with E-state index in [0.717, 1.165) is 38.8 Å². The van der Waals surface area contributed by atoms with Crippen LogP contribution in [0.5, 0.6) is 11.5 Å². The number of rotatable bonds is 5. The van der Waals surface area contributed by atoms with Crippen molar-refractivity contribution in [2.45, 2.75) is 6.04 Å². The predicted molar refractivity (Wildman–Crippen MR) is 144 cm³/mol. The van der Waals surface area contributed by atoms with Gasteiger partial charge in [0, 0.05) is 23.2 Å². The molecule has 0 fully saturated rings. The van der Waals surface area contributed by atoms with Gasteiger partial charge in [-0.1, -0.05) is 71.7 Å². The minimum atomic E-state index is -0.0153. The van der Waals surface area contributed by atoms with Crippen molar-refractivity contribution in [2.75, 3.05) is 6.61 Å². The van der Waals surface area contributed by atoms with Crippen molar-refractivity contribution in [1.82, 2.24) is 9.55 Å². The zero-order valence-corrected chi connectivity index (χ0v) is 22.4. The summed E-state index contributed by atoms with van der Waals surface area (Å²) in [4.78, 5) is 9.36. The molecule has 0 spiro atoms. The Bertz CT molecular complexity index is 1760. The Kier molecular flexibility index (Phi) is 6.53. The van der Waals surface area contributed by atoms with Crippen molar-refractivity contribution in [1.29, 1.82) is 0 Å². The van der Waals surface area contributed by atoms with Crippen molar-refractivity contribution in [3.63, 3.8) is 0 Å². The first-order chi connectivity index (χ1) is 18.3. The van der Waals surface area contributed by atoms with Crippen LogP contribution in [0.1, 0.15) is 17.2 Å². The minimum Gasteiger partial charge on any atom is -0.518 e. The molecule has 0 bridgehead atoms. The van der Waals surface area contributed by atoms with Gasteiger partial charge in [-0.05, 0) is 29.1 Å². The van der Waals surface area contributed by atoms with E-state index in [-0.39, 0.29) is 27.1 Å². The fraction of sp³-hybridized carbons (Fsp3) is 0.0625. The number of ether oxygens (including phenoxy) is 2. The van der Waals surface area contributed by atoms with E-state index >= 15 is 0 Å². The molecule has 0 saturated heterocycles. The smallest absolute Gasteiger partial charge is 0.518 e. The van der Waals surface area contributed by atoms with Crippen LogP contribution in [0.3, 0.4) is 0 Å². The summed E-state index contributed by atoms with van der Waals surface area (Å²) in [6, 6.07) is 40.9. The van der Waals surface area contributed by atoms with Crippen LogP contribution in [0.4, 0.5) is 0 Å². The molecule has 0 N–H and O–H groups in total. The number of pyridine rings is 1. The Morgan fingerprint density at radius 1 is 0.763 bits per heavy atom. The molecule has 4 aromatic carbocycles. The Labute approximate surface area is 234 Å². The van der Waals surface area contributed by atoms with Gasteiger partial charge in [0.25, 0.3) is 0 Å². The number of aromatic nitrogens is 2. The van der Waals surface area contributed by atoms with Crippen molar-refractivity contribution in [3.05, 3.63) is 133 Å². The molecule has 186 valence electrons. The van der Waals surface area contributed by atoms with Gasteiger partial charge in [0.15, 0.2) is 0 Å². The topological polar surface area (TPSA) is 48.6 Å². The van der Waals surface area contributed by atoms with Gasteiger partial charge in [0.05, 0.1) is 0 Å². The van der Waals surface area contributed by atoms with Gasteiger partial charge in [-0.15, -0.1) is 35.7 Å². The molecule has 2 aromatic heterocycles. The number of benzene rings is 4. The van der Waals surface area contributed by atoms with Gasteiger partial charge in [-0.2, -0.15) is 6.07 Å². The Morgan fingerprint density at radius 2 is 1.58 bits per heavy atom. The Morgan fingerprint density at radius 3 is 2.45 bits per heavy atom. The maximum atomic E-state index is 6.23. The second-order valence-corrected chi connectivity index (χ2v) is 8.83.